The maximum Gasteiger partial charge on any atom is 0.308 e. The summed E-state index contributed by atoms with van der Waals surface area (Å²) in [6.07, 6.45) is 1.67. The Balaban J connectivity index is 2.83. The largest absolute Gasteiger partial charge is 0.481 e. The molecule has 1 unspecified atom stereocenters. The van der Waals surface area contributed by atoms with Crippen molar-refractivity contribution in [3.63, 3.8) is 0 Å². The quantitative estimate of drug-likeness (QED) is 0.771. The number of hydrogen-bond acceptors (Lipinski definition) is 4. The Morgan fingerprint density at radius 2 is 1.95 bits per heavy atom. The van der Waals surface area contributed by atoms with Crippen molar-refractivity contribution in [2.24, 2.45) is 5.92 Å². The molecule has 20 heavy (non-hydrogen) atoms. The highest BCUT2D eigenvalue weighted by atomic mass is 32.2. The van der Waals surface area contributed by atoms with Crippen LogP contribution in [0.2, 0.25) is 0 Å². The monoisotopic (exact) mass is 319 g/mol. The van der Waals surface area contributed by atoms with Crippen LogP contribution in [-0.2, 0) is 21.2 Å². The van der Waals surface area contributed by atoms with Gasteiger partial charge >= 0.3 is 5.97 Å². The summed E-state index contributed by atoms with van der Waals surface area (Å²) in [5, 5.41) is 8.70. The standard InChI is InChI=1S/C13H21NO4S2/c1-4-10(5-2)9(3)14-20(17,18)13-7-6-11(19-13)8-12(15)16/h6-7,9-10,14H,4-5,8H2,1-3H3,(H,15,16). The summed E-state index contributed by atoms with van der Waals surface area (Å²) in [5.74, 6) is -0.669. The Hall–Kier alpha value is -0.920. The fourth-order valence-electron chi connectivity index (χ4n) is 2.14. The number of nitrogens with one attached hydrogen (secondary N) is 1. The van der Waals surface area contributed by atoms with Gasteiger partial charge in [-0.1, -0.05) is 26.7 Å². The molecule has 0 amide bonds. The summed E-state index contributed by atoms with van der Waals surface area (Å²) < 4.78 is 27.3. The van der Waals surface area contributed by atoms with Crippen molar-refractivity contribution in [1.29, 1.82) is 0 Å². The van der Waals surface area contributed by atoms with Crippen LogP contribution >= 0.6 is 11.3 Å². The lowest BCUT2D eigenvalue weighted by Crippen LogP contribution is -2.37. The van der Waals surface area contributed by atoms with Crippen molar-refractivity contribution < 1.29 is 18.3 Å². The van der Waals surface area contributed by atoms with E-state index in [-0.39, 0.29) is 16.7 Å². The van der Waals surface area contributed by atoms with Crippen LogP contribution < -0.4 is 4.72 Å². The summed E-state index contributed by atoms with van der Waals surface area (Å²) in [5.41, 5.74) is 0. The second kappa shape index (κ2) is 7.19. The highest BCUT2D eigenvalue weighted by Crippen LogP contribution is 2.23. The average molecular weight is 319 g/mol. The van der Waals surface area contributed by atoms with Crippen LogP contribution in [0.4, 0.5) is 0 Å². The van der Waals surface area contributed by atoms with E-state index in [9.17, 15) is 13.2 Å². The third-order valence-corrected chi connectivity index (χ3v) is 6.46. The van der Waals surface area contributed by atoms with Gasteiger partial charge in [-0.25, -0.2) is 13.1 Å². The van der Waals surface area contributed by atoms with Crippen LogP contribution in [0, 0.1) is 5.92 Å². The molecule has 0 radical (unpaired) electrons. The summed E-state index contributed by atoms with van der Waals surface area (Å²) in [6.45, 7) is 5.94. The minimum Gasteiger partial charge on any atom is -0.481 e. The van der Waals surface area contributed by atoms with Crippen LogP contribution in [0.5, 0.6) is 0 Å². The molecule has 0 fully saturated rings. The maximum atomic E-state index is 12.2. The number of thiophene rings is 1. The second-order valence-electron chi connectivity index (χ2n) is 4.78. The van der Waals surface area contributed by atoms with Crippen LogP contribution in [-0.4, -0.2) is 25.5 Å². The molecule has 0 aliphatic rings. The molecule has 0 saturated carbocycles. The third-order valence-electron chi connectivity index (χ3n) is 3.32. The highest BCUT2D eigenvalue weighted by molar-refractivity contribution is 7.91. The predicted molar refractivity (Wildman–Crippen MR) is 79.5 cm³/mol. The van der Waals surface area contributed by atoms with Gasteiger partial charge in [-0.05, 0) is 25.0 Å². The third kappa shape index (κ3) is 4.57. The average Bonchev–Trinajstić information content (AvgIpc) is 2.78. The lowest BCUT2D eigenvalue weighted by molar-refractivity contribution is -0.136. The van der Waals surface area contributed by atoms with Crippen LogP contribution in [0.15, 0.2) is 16.3 Å². The van der Waals surface area contributed by atoms with E-state index in [0.717, 1.165) is 24.2 Å². The second-order valence-corrected chi connectivity index (χ2v) is 7.89. The number of rotatable bonds is 8. The van der Waals surface area contributed by atoms with E-state index in [1.807, 2.05) is 20.8 Å². The first-order valence-electron chi connectivity index (χ1n) is 6.63. The van der Waals surface area contributed by atoms with Gasteiger partial charge in [0.1, 0.15) is 4.21 Å². The van der Waals surface area contributed by atoms with E-state index in [4.69, 9.17) is 5.11 Å². The van der Waals surface area contributed by atoms with Crippen molar-refractivity contribution in [2.75, 3.05) is 0 Å². The number of hydrogen-bond donors (Lipinski definition) is 2. The molecule has 0 aliphatic carbocycles. The number of carbonyl (C=O) groups is 1. The van der Waals surface area contributed by atoms with Crippen molar-refractivity contribution in [3.8, 4) is 0 Å². The Labute approximate surface area is 124 Å². The predicted octanol–water partition coefficient (Wildman–Crippen LogP) is 2.48. The molecular weight excluding hydrogens is 298 g/mol. The van der Waals surface area contributed by atoms with Gasteiger partial charge in [0, 0.05) is 10.9 Å². The Morgan fingerprint density at radius 1 is 1.35 bits per heavy atom. The van der Waals surface area contributed by atoms with Gasteiger partial charge in [0.25, 0.3) is 0 Å². The molecular formula is C13H21NO4S2. The van der Waals surface area contributed by atoms with Crippen LogP contribution in [0.25, 0.3) is 0 Å². The summed E-state index contributed by atoms with van der Waals surface area (Å²) in [7, 11) is -3.56. The molecule has 1 aromatic rings. The number of aliphatic carboxylic acids is 1. The first-order valence-corrected chi connectivity index (χ1v) is 8.93. The van der Waals surface area contributed by atoms with E-state index in [1.54, 1.807) is 6.07 Å². The molecule has 0 aromatic carbocycles. The number of carboxylic acid groups (broad SMARTS) is 1. The molecule has 2 N–H and O–H groups in total. The zero-order valence-corrected chi connectivity index (χ0v) is 13.6. The Morgan fingerprint density at radius 3 is 2.45 bits per heavy atom. The van der Waals surface area contributed by atoms with Crippen molar-refractivity contribution in [3.05, 3.63) is 17.0 Å². The first-order chi connectivity index (χ1) is 9.30. The van der Waals surface area contributed by atoms with Crippen molar-refractivity contribution in [1.82, 2.24) is 4.72 Å². The molecule has 0 aliphatic heterocycles. The SMILES string of the molecule is CCC(CC)C(C)NS(=O)(=O)c1ccc(CC(=O)O)s1. The first kappa shape index (κ1) is 17.1. The van der Waals surface area contributed by atoms with Gasteiger partial charge in [-0.2, -0.15) is 0 Å². The molecule has 0 bridgehead atoms. The topological polar surface area (TPSA) is 83.5 Å². The van der Waals surface area contributed by atoms with Gasteiger partial charge in [0.05, 0.1) is 6.42 Å². The van der Waals surface area contributed by atoms with Gasteiger partial charge < -0.3 is 5.11 Å². The fourth-order valence-corrected chi connectivity index (χ4v) is 4.82. The zero-order valence-electron chi connectivity index (χ0n) is 11.9. The van der Waals surface area contributed by atoms with E-state index in [2.05, 4.69) is 4.72 Å². The minimum absolute atomic E-state index is 0.139. The van der Waals surface area contributed by atoms with E-state index in [1.165, 1.54) is 6.07 Å². The van der Waals surface area contributed by atoms with Crippen LogP contribution in [0.1, 0.15) is 38.5 Å². The van der Waals surface area contributed by atoms with Gasteiger partial charge in [-0.15, -0.1) is 11.3 Å². The summed E-state index contributed by atoms with van der Waals surface area (Å²) in [4.78, 5) is 11.1. The van der Waals surface area contributed by atoms with Gasteiger partial charge in [0.2, 0.25) is 10.0 Å². The molecule has 5 nitrogen and oxygen atoms in total. The lowest BCUT2D eigenvalue weighted by atomic mass is 9.96. The molecule has 1 rings (SSSR count). The normalized spacial score (nSPS) is 13.6. The maximum absolute atomic E-state index is 12.2. The fraction of sp³-hybridized carbons (Fsp3) is 0.615. The van der Waals surface area contributed by atoms with Gasteiger partial charge in [0.15, 0.2) is 0 Å². The van der Waals surface area contributed by atoms with Crippen molar-refractivity contribution in [2.45, 2.75) is 50.3 Å². The highest BCUT2D eigenvalue weighted by Gasteiger charge is 2.23. The zero-order chi connectivity index (χ0) is 15.3. The Bertz CT molecular complexity index is 546. The molecule has 1 aromatic heterocycles. The summed E-state index contributed by atoms with van der Waals surface area (Å²) in [6, 6.07) is 2.88. The molecule has 0 saturated heterocycles. The Kier molecular flexibility index (Phi) is 6.16. The smallest absolute Gasteiger partial charge is 0.308 e. The van der Waals surface area contributed by atoms with E-state index < -0.39 is 16.0 Å². The number of sulfonamides is 1. The van der Waals surface area contributed by atoms with Crippen LogP contribution in [0.3, 0.4) is 0 Å². The van der Waals surface area contributed by atoms with Crippen molar-refractivity contribution >= 4 is 27.3 Å². The molecule has 1 atom stereocenters. The summed E-state index contributed by atoms with van der Waals surface area (Å²) >= 11 is 1.01. The molecule has 1 heterocycles. The number of carboxylic acids is 1. The molecule has 114 valence electrons. The molecule has 0 spiro atoms. The van der Waals surface area contributed by atoms with E-state index >= 15 is 0 Å². The van der Waals surface area contributed by atoms with Gasteiger partial charge in [-0.3, -0.25) is 4.79 Å². The van der Waals surface area contributed by atoms with E-state index in [0.29, 0.717) is 10.8 Å². The lowest BCUT2D eigenvalue weighted by Gasteiger charge is -2.21. The minimum atomic E-state index is -3.56. The molecule has 7 heteroatoms.